The van der Waals surface area contributed by atoms with Crippen molar-refractivity contribution < 1.29 is 33.4 Å². The van der Waals surface area contributed by atoms with Gasteiger partial charge in [0.2, 0.25) is 17.8 Å². The molecule has 0 saturated carbocycles. The average molecular weight is 799 g/mol. The topological polar surface area (TPSA) is 258 Å². The monoisotopic (exact) mass is 798 g/mol. The smallest absolute Gasteiger partial charge is 0.276 e. The standard InChI is InChI=1S/C32H41N11O5.C7H9NO2/c1-5-43-24(13-19(2)40-43)30(46)39-32-38-23-16-21(29(33)45)17-25(47-4)27(23)42(32)10-7-6-9-41-28-22(37-31(41)35-3)14-20(18-36-34)15-26(28)48-12-8-11-44;1-3-6-7(4-9)10-5(2)8-6/h6-7,13-17,36,44H,5,8-12,18,34H2,1-4H3,(H2,33,45)(H,35,37)(H,38,39,46);4H,3H2,1-2H3/b7-6+;. The van der Waals surface area contributed by atoms with Gasteiger partial charge in [0.15, 0.2) is 17.9 Å². The van der Waals surface area contributed by atoms with Crippen molar-refractivity contribution in [3.05, 3.63) is 82.3 Å². The zero-order valence-electron chi connectivity index (χ0n) is 33.5. The number of aromatic nitrogens is 7. The quantitative estimate of drug-likeness (QED) is 0.0239. The third kappa shape index (κ3) is 9.51. The average Bonchev–Trinajstić information content (AvgIpc) is 3.98. The molecule has 4 heterocycles. The van der Waals surface area contributed by atoms with Crippen LogP contribution >= 0.6 is 0 Å². The number of oxazole rings is 1. The van der Waals surface area contributed by atoms with E-state index in [1.54, 1.807) is 41.4 Å². The normalized spacial score (nSPS) is 11.2. The Hall–Kier alpha value is -6.57. The second-order valence-corrected chi connectivity index (χ2v) is 12.9. The van der Waals surface area contributed by atoms with Crippen molar-refractivity contribution >= 4 is 52.1 Å². The highest BCUT2D eigenvalue weighted by Gasteiger charge is 2.22. The summed E-state index contributed by atoms with van der Waals surface area (Å²) in [6, 6.07) is 8.69. The third-order valence-electron chi connectivity index (χ3n) is 8.95. The van der Waals surface area contributed by atoms with Crippen LogP contribution in [0.5, 0.6) is 11.5 Å². The molecule has 6 aromatic rings. The van der Waals surface area contributed by atoms with Gasteiger partial charge >= 0.3 is 0 Å². The SMILES string of the molecule is CCc1nc(C)oc1C=O.CCn1nc(C)cc1C(=O)Nc1nc2cc(C(N)=O)cc(OC)c2n1C/C=C/Cn1c(NC)nc2cc(CNN)cc(OCCCO)c21. The van der Waals surface area contributed by atoms with Gasteiger partial charge in [-0.25, -0.2) is 15.0 Å². The largest absolute Gasteiger partial charge is 0.494 e. The van der Waals surface area contributed by atoms with E-state index in [2.05, 4.69) is 31.1 Å². The number of nitrogens with zero attached hydrogens (tertiary/aromatic N) is 7. The molecule has 0 aliphatic rings. The number of fused-ring (bicyclic) bond motifs is 2. The van der Waals surface area contributed by atoms with Crippen LogP contribution in [-0.4, -0.2) is 84.4 Å². The summed E-state index contributed by atoms with van der Waals surface area (Å²) in [5, 5.41) is 19.8. The van der Waals surface area contributed by atoms with Gasteiger partial charge in [-0.1, -0.05) is 19.1 Å². The number of allylic oxidation sites excluding steroid dienone is 2. The Kier molecular flexibility index (Phi) is 14.3. The number of benzene rings is 2. The molecule has 0 saturated heterocycles. The molecule has 8 N–H and O–H groups in total. The summed E-state index contributed by atoms with van der Waals surface area (Å²) in [7, 11) is 3.29. The molecule has 58 heavy (non-hydrogen) atoms. The van der Waals surface area contributed by atoms with Crippen LogP contribution in [0.4, 0.5) is 11.9 Å². The lowest BCUT2D eigenvalue weighted by Gasteiger charge is -2.13. The van der Waals surface area contributed by atoms with E-state index in [1.165, 1.54) is 7.11 Å². The van der Waals surface area contributed by atoms with Gasteiger partial charge in [-0.05, 0) is 56.2 Å². The first-order valence-corrected chi connectivity index (χ1v) is 18.7. The maximum atomic E-state index is 13.4. The van der Waals surface area contributed by atoms with Crippen LogP contribution < -0.4 is 37.1 Å². The maximum Gasteiger partial charge on any atom is 0.276 e. The molecule has 0 aliphatic heterocycles. The number of amides is 2. The first kappa shape index (κ1) is 42.6. The third-order valence-corrected chi connectivity index (χ3v) is 8.95. The predicted molar refractivity (Wildman–Crippen MR) is 218 cm³/mol. The molecular weight excluding hydrogens is 749 g/mol. The molecule has 0 radical (unpaired) electrons. The molecule has 308 valence electrons. The van der Waals surface area contributed by atoms with Crippen LogP contribution in [0.3, 0.4) is 0 Å². The molecule has 0 atom stereocenters. The highest BCUT2D eigenvalue weighted by Crippen LogP contribution is 2.33. The molecular formula is C39H50N12O7. The fourth-order valence-corrected chi connectivity index (χ4v) is 6.36. The number of hydrogen-bond acceptors (Lipinski definition) is 14. The molecule has 0 bridgehead atoms. The lowest BCUT2D eigenvalue weighted by Crippen LogP contribution is -2.20. The van der Waals surface area contributed by atoms with Gasteiger partial charge in [0.1, 0.15) is 28.2 Å². The lowest BCUT2D eigenvalue weighted by molar-refractivity contribution is 0.0995. The predicted octanol–water partition coefficient (Wildman–Crippen LogP) is 3.65. The minimum Gasteiger partial charge on any atom is -0.494 e. The Balaban J connectivity index is 0.000000559. The molecule has 19 nitrogen and oxygen atoms in total. The van der Waals surface area contributed by atoms with Crippen molar-refractivity contribution in [2.24, 2.45) is 11.6 Å². The van der Waals surface area contributed by atoms with Gasteiger partial charge in [-0.3, -0.25) is 35.7 Å². The number of aldehydes is 1. The number of anilines is 2. The summed E-state index contributed by atoms with van der Waals surface area (Å²) in [6.45, 7) is 9.39. The minimum absolute atomic E-state index is 0.0127. The first-order chi connectivity index (χ1) is 28.0. The number of carbonyl (C=O) groups excluding carboxylic acids is 3. The summed E-state index contributed by atoms with van der Waals surface area (Å²) in [5.74, 6) is 7.37. The van der Waals surface area contributed by atoms with E-state index in [1.807, 2.05) is 49.6 Å². The number of methoxy groups -OCH3 is 1. The second-order valence-electron chi connectivity index (χ2n) is 12.9. The van der Waals surface area contributed by atoms with Gasteiger partial charge < -0.3 is 39.2 Å². The van der Waals surface area contributed by atoms with Crippen molar-refractivity contribution in [1.82, 2.24) is 39.3 Å². The van der Waals surface area contributed by atoms with Crippen LogP contribution in [0.15, 0.2) is 46.9 Å². The van der Waals surface area contributed by atoms with Crippen LogP contribution in [0.2, 0.25) is 0 Å². The maximum absolute atomic E-state index is 13.4. The second kappa shape index (κ2) is 19.5. The van der Waals surface area contributed by atoms with E-state index in [0.717, 1.165) is 28.7 Å². The van der Waals surface area contributed by atoms with E-state index in [-0.39, 0.29) is 30.6 Å². The van der Waals surface area contributed by atoms with Crippen LogP contribution in [0, 0.1) is 13.8 Å². The summed E-state index contributed by atoms with van der Waals surface area (Å²) >= 11 is 0. The van der Waals surface area contributed by atoms with Crippen LogP contribution in [-0.2, 0) is 32.6 Å². The zero-order valence-corrected chi connectivity index (χ0v) is 33.5. The Morgan fingerprint density at radius 3 is 2.26 bits per heavy atom. The Bertz CT molecular complexity index is 2420. The molecule has 2 aromatic carbocycles. The summed E-state index contributed by atoms with van der Waals surface area (Å²) in [6.07, 6.45) is 5.81. The number of hydrazine groups is 1. The van der Waals surface area contributed by atoms with Gasteiger partial charge in [-0.15, -0.1) is 0 Å². The molecule has 0 spiro atoms. The number of ether oxygens (including phenoxy) is 2. The highest BCUT2D eigenvalue weighted by atomic mass is 16.5. The van der Waals surface area contributed by atoms with Crippen molar-refractivity contribution in [1.29, 1.82) is 0 Å². The number of carbonyl (C=O) groups is 3. The number of primary amides is 1. The van der Waals surface area contributed by atoms with Crippen molar-refractivity contribution in [3.8, 4) is 11.5 Å². The molecule has 2 amide bonds. The minimum atomic E-state index is -0.628. The Labute approximate surface area is 334 Å². The molecule has 0 unspecified atom stereocenters. The van der Waals surface area contributed by atoms with E-state index in [9.17, 15) is 19.5 Å². The number of hydrogen-bond donors (Lipinski definition) is 6. The summed E-state index contributed by atoms with van der Waals surface area (Å²) in [5.41, 5.74) is 13.7. The number of rotatable bonds is 18. The highest BCUT2D eigenvalue weighted by molar-refractivity contribution is 6.04. The zero-order chi connectivity index (χ0) is 41.9. The number of imidazole rings is 2. The van der Waals surface area contributed by atoms with Crippen molar-refractivity contribution in [2.45, 2.75) is 66.7 Å². The Morgan fingerprint density at radius 1 is 0.966 bits per heavy atom. The molecule has 0 fully saturated rings. The van der Waals surface area contributed by atoms with Crippen molar-refractivity contribution in [2.75, 3.05) is 38.0 Å². The van der Waals surface area contributed by atoms with E-state index < -0.39 is 5.91 Å². The fraction of sp³-hybridized carbons (Fsp3) is 0.359. The van der Waals surface area contributed by atoms with Gasteiger partial charge in [0, 0.05) is 58.7 Å². The van der Waals surface area contributed by atoms with Gasteiger partial charge in [-0.2, -0.15) is 5.10 Å². The Morgan fingerprint density at radius 2 is 1.66 bits per heavy atom. The van der Waals surface area contributed by atoms with E-state index in [4.69, 9.17) is 30.5 Å². The van der Waals surface area contributed by atoms with E-state index >= 15 is 0 Å². The molecule has 0 aliphatic carbocycles. The number of nitrogens with two attached hydrogens (primary N) is 2. The number of aryl methyl sites for hydroxylation is 4. The summed E-state index contributed by atoms with van der Waals surface area (Å²) < 4.78 is 22.1. The van der Waals surface area contributed by atoms with Crippen LogP contribution in [0.1, 0.15) is 74.5 Å². The molecule has 19 heteroatoms. The lowest BCUT2D eigenvalue weighted by atomic mass is 10.1. The van der Waals surface area contributed by atoms with Gasteiger partial charge in [0.05, 0.1) is 36.1 Å². The van der Waals surface area contributed by atoms with E-state index in [0.29, 0.717) is 90.5 Å². The fourth-order valence-electron chi connectivity index (χ4n) is 6.36. The number of aliphatic hydroxyl groups excluding tert-OH is 1. The first-order valence-electron chi connectivity index (χ1n) is 18.7. The van der Waals surface area contributed by atoms with Crippen molar-refractivity contribution in [3.63, 3.8) is 0 Å². The number of nitrogens with one attached hydrogen (secondary N) is 3. The van der Waals surface area contributed by atoms with Gasteiger partial charge in [0.25, 0.3) is 5.91 Å². The summed E-state index contributed by atoms with van der Waals surface area (Å²) in [4.78, 5) is 49.2. The number of aliphatic hydroxyl groups is 1. The molecule has 6 rings (SSSR count). The molecule has 4 aromatic heterocycles. The van der Waals surface area contributed by atoms with Crippen LogP contribution in [0.25, 0.3) is 22.1 Å².